The van der Waals surface area contributed by atoms with Crippen molar-refractivity contribution in [3.8, 4) is 0 Å². The van der Waals surface area contributed by atoms with Gasteiger partial charge in [-0.3, -0.25) is 0 Å². The minimum atomic E-state index is -3.54. The number of rotatable bonds is 5. The van der Waals surface area contributed by atoms with E-state index in [1.54, 1.807) is 0 Å². The van der Waals surface area contributed by atoms with Crippen LogP contribution in [0, 0.1) is 6.92 Å². The molecule has 0 aromatic heterocycles. The van der Waals surface area contributed by atoms with Gasteiger partial charge in [0.2, 0.25) is 10.0 Å². The maximum absolute atomic E-state index is 12.4. The SMILES string of the molecule is Cc1ccc([C@H]2C[C@H](C)N(S(=O)(=O)CCS(C)(=O)=O)C2)cc1. The summed E-state index contributed by atoms with van der Waals surface area (Å²) < 4.78 is 48.6. The van der Waals surface area contributed by atoms with Crippen LogP contribution in [0.2, 0.25) is 0 Å². The molecule has 0 unspecified atom stereocenters. The summed E-state index contributed by atoms with van der Waals surface area (Å²) in [5.41, 5.74) is 2.31. The topological polar surface area (TPSA) is 71.5 Å². The molecule has 0 aliphatic carbocycles. The van der Waals surface area contributed by atoms with Gasteiger partial charge in [0.05, 0.1) is 11.5 Å². The molecule has 0 saturated carbocycles. The van der Waals surface area contributed by atoms with E-state index in [4.69, 9.17) is 0 Å². The number of nitrogens with zero attached hydrogens (tertiary/aromatic N) is 1. The van der Waals surface area contributed by atoms with Crippen LogP contribution in [0.1, 0.15) is 30.4 Å². The Hall–Kier alpha value is -0.920. The van der Waals surface area contributed by atoms with Crippen LogP contribution in [-0.2, 0) is 19.9 Å². The molecule has 22 heavy (non-hydrogen) atoms. The summed E-state index contributed by atoms with van der Waals surface area (Å²) in [5, 5.41) is 0. The van der Waals surface area contributed by atoms with Crippen molar-refractivity contribution in [2.24, 2.45) is 0 Å². The Labute approximate surface area is 133 Å². The first kappa shape index (κ1) is 17.4. The summed E-state index contributed by atoms with van der Waals surface area (Å²) in [6, 6.07) is 8.04. The number of aryl methyl sites for hydroxylation is 1. The van der Waals surface area contributed by atoms with Gasteiger partial charge in [-0.05, 0) is 31.7 Å². The molecule has 124 valence electrons. The predicted octanol–water partition coefficient (Wildman–Crippen LogP) is 1.55. The molecule has 1 aromatic carbocycles. The smallest absolute Gasteiger partial charge is 0.215 e. The first-order valence-electron chi connectivity index (χ1n) is 7.32. The van der Waals surface area contributed by atoms with Gasteiger partial charge < -0.3 is 0 Å². The molecule has 5 nitrogen and oxygen atoms in total. The fraction of sp³-hybridized carbons (Fsp3) is 0.600. The maximum atomic E-state index is 12.4. The summed E-state index contributed by atoms with van der Waals surface area (Å²) >= 11 is 0. The first-order chi connectivity index (χ1) is 10.1. The second-order valence-corrected chi connectivity index (χ2v) is 10.5. The average Bonchev–Trinajstić information content (AvgIpc) is 2.80. The molecule has 1 heterocycles. The number of sulfone groups is 1. The Kier molecular flexibility index (Phi) is 4.99. The number of hydrogen-bond acceptors (Lipinski definition) is 4. The Morgan fingerprint density at radius 1 is 1.09 bits per heavy atom. The monoisotopic (exact) mass is 345 g/mol. The maximum Gasteiger partial charge on any atom is 0.215 e. The number of benzene rings is 1. The number of hydrogen-bond donors (Lipinski definition) is 0. The second kappa shape index (κ2) is 6.29. The van der Waals surface area contributed by atoms with Crippen LogP contribution in [0.4, 0.5) is 0 Å². The Morgan fingerprint density at radius 2 is 1.68 bits per heavy atom. The van der Waals surface area contributed by atoms with Crippen LogP contribution in [0.25, 0.3) is 0 Å². The highest BCUT2D eigenvalue weighted by Gasteiger charge is 2.37. The second-order valence-electron chi connectivity index (χ2n) is 6.21. The minimum Gasteiger partial charge on any atom is -0.229 e. The molecular formula is C15H23NO4S2. The van der Waals surface area contributed by atoms with Crippen molar-refractivity contribution in [3.63, 3.8) is 0 Å². The summed E-state index contributed by atoms with van der Waals surface area (Å²) in [5.74, 6) is -0.492. The van der Waals surface area contributed by atoms with Crippen molar-refractivity contribution in [1.29, 1.82) is 0 Å². The van der Waals surface area contributed by atoms with E-state index in [1.807, 2.05) is 38.1 Å². The van der Waals surface area contributed by atoms with Crippen LogP contribution >= 0.6 is 0 Å². The molecule has 2 atom stereocenters. The molecule has 1 saturated heterocycles. The van der Waals surface area contributed by atoms with Gasteiger partial charge >= 0.3 is 0 Å². The van der Waals surface area contributed by atoms with Gasteiger partial charge in [-0.25, -0.2) is 16.8 Å². The van der Waals surface area contributed by atoms with E-state index in [1.165, 1.54) is 9.87 Å². The van der Waals surface area contributed by atoms with E-state index in [0.717, 1.165) is 18.2 Å². The minimum absolute atomic E-state index is 0.101. The fourth-order valence-corrected chi connectivity index (χ4v) is 6.17. The average molecular weight is 345 g/mol. The van der Waals surface area contributed by atoms with Gasteiger partial charge in [0.15, 0.2) is 0 Å². The van der Waals surface area contributed by atoms with Gasteiger partial charge in [0.1, 0.15) is 9.84 Å². The third-order valence-electron chi connectivity index (χ3n) is 4.14. The van der Waals surface area contributed by atoms with Gasteiger partial charge in [-0.1, -0.05) is 29.8 Å². The normalized spacial score (nSPS) is 23.8. The van der Waals surface area contributed by atoms with E-state index >= 15 is 0 Å². The Bertz CT molecular complexity index is 723. The van der Waals surface area contributed by atoms with E-state index in [9.17, 15) is 16.8 Å². The lowest BCUT2D eigenvalue weighted by atomic mass is 9.96. The molecule has 1 aliphatic heterocycles. The fourth-order valence-electron chi connectivity index (χ4n) is 2.84. The molecule has 0 radical (unpaired) electrons. The summed E-state index contributed by atoms with van der Waals surface area (Å²) in [7, 11) is -6.82. The quantitative estimate of drug-likeness (QED) is 0.812. The molecule has 2 rings (SSSR count). The van der Waals surface area contributed by atoms with Crippen LogP contribution in [0.5, 0.6) is 0 Å². The van der Waals surface area contributed by atoms with Crippen LogP contribution < -0.4 is 0 Å². The van der Waals surface area contributed by atoms with Gasteiger partial charge in [0, 0.05) is 18.8 Å². The molecule has 0 N–H and O–H groups in total. The van der Waals surface area contributed by atoms with Crippen molar-refractivity contribution < 1.29 is 16.8 Å². The van der Waals surface area contributed by atoms with Crippen molar-refractivity contribution >= 4 is 19.9 Å². The van der Waals surface area contributed by atoms with Crippen molar-refractivity contribution in [3.05, 3.63) is 35.4 Å². The molecule has 1 aliphatic rings. The van der Waals surface area contributed by atoms with Crippen molar-refractivity contribution in [1.82, 2.24) is 4.31 Å². The number of sulfonamides is 1. The summed E-state index contributed by atoms with van der Waals surface area (Å²) in [6.45, 7) is 4.32. The third-order valence-corrected chi connectivity index (χ3v) is 7.28. The zero-order valence-electron chi connectivity index (χ0n) is 13.2. The van der Waals surface area contributed by atoms with Crippen LogP contribution in [0.15, 0.2) is 24.3 Å². The molecule has 7 heteroatoms. The van der Waals surface area contributed by atoms with Crippen LogP contribution in [0.3, 0.4) is 0 Å². The van der Waals surface area contributed by atoms with E-state index in [2.05, 4.69) is 0 Å². The lowest BCUT2D eigenvalue weighted by Gasteiger charge is -2.20. The highest BCUT2D eigenvalue weighted by atomic mass is 32.2. The molecule has 0 bridgehead atoms. The largest absolute Gasteiger partial charge is 0.229 e. The Morgan fingerprint density at radius 3 is 2.23 bits per heavy atom. The van der Waals surface area contributed by atoms with Gasteiger partial charge in [0.25, 0.3) is 0 Å². The molecule has 1 aromatic rings. The lowest BCUT2D eigenvalue weighted by Crippen LogP contribution is -2.37. The summed E-state index contributed by atoms with van der Waals surface area (Å²) in [6.07, 6.45) is 1.83. The molecule has 0 spiro atoms. The third kappa shape index (κ3) is 4.30. The lowest BCUT2D eigenvalue weighted by molar-refractivity contribution is 0.408. The van der Waals surface area contributed by atoms with E-state index in [-0.39, 0.29) is 23.5 Å². The van der Waals surface area contributed by atoms with E-state index < -0.39 is 19.9 Å². The first-order valence-corrected chi connectivity index (χ1v) is 11.0. The molecular weight excluding hydrogens is 322 g/mol. The Balaban J connectivity index is 2.11. The van der Waals surface area contributed by atoms with Gasteiger partial charge in [-0.15, -0.1) is 0 Å². The van der Waals surface area contributed by atoms with Crippen molar-refractivity contribution in [2.45, 2.75) is 32.2 Å². The summed E-state index contributed by atoms with van der Waals surface area (Å²) in [4.78, 5) is 0. The molecule has 0 amide bonds. The van der Waals surface area contributed by atoms with Gasteiger partial charge in [-0.2, -0.15) is 4.31 Å². The highest BCUT2D eigenvalue weighted by molar-refractivity contribution is 7.93. The predicted molar refractivity (Wildman–Crippen MR) is 88.2 cm³/mol. The van der Waals surface area contributed by atoms with Crippen molar-refractivity contribution in [2.75, 3.05) is 24.3 Å². The zero-order valence-corrected chi connectivity index (χ0v) is 14.8. The van der Waals surface area contributed by atoms with Crippen LogP contribution in [-0.4, -0.2) is 51.5 Å². The molecule has 1 fully saturated rings. The standard InChI is InChI=1S/C15H23NO4S2/c1-12-4-6-14(7-5-12)15-10-13(2)16(11-15)22(19,20)9-8-21(3,17)18/h4-7,13,15H,8-11H2,1-3H3/t13-,15-/m0/s1. The zero-order chi connectivity index (χ0) is 16.5. The highest BCUT2D eigenvalue weighted by Crippen LogP contribution is 2.33. The van der Waals surface area contributed by atoms with E-state index in [0.29, 0.717) is 6.54 Å².